The van der Waals surface area contributed by atoms with E-state index in [1.165, 1.54) is 63.4 Å². The van der Waals surface area contributed by atoms with Gasteiger partial charge in [-0.1, -0.05) is 95.0 Å². The normalized spacial score (nSPS) is 12.3. The zero-order valence-electron chi connectivity index (χ0n) is 18.3. The molecule has 162 valence electrons. The summed E-state index contributed by atoms with van der Waals surface area (Å²) in [5, 5.41) is 0. The van der Waals surface area contributed by atoms with Crippen LogP contribution in [-0.4, -0.2) is 28.9 Å². The Kier molecular flexibility index (Phi) is 13.2. The fraction of sp³-hybridized carbons (Fsp3) is 0.640. The second-order valence-electron chi connectivity index (χ2n) is 7.93. The molecule has 4 nitrogen and oxygen atoms in total. The maximum Gasteiger partial charge on any atom is 0.0987 e. The molecule has 0 saturated heterocycles. The molecule has 1 aromatic carbocycles. The van der Waals surface area contributed by atoms with Crippen LogP contribution in [0.5, 0.6) is 0 Å². The maximum absolute atomic E-state index is 6.15. The summed E-state index contributed by atoms with van der Waals surface area (Å²) in [7, 11) is 0. The van der Waals surface area contributed by atoms with Gasteiger partial charge in [-0.2, -0.15) is 0 Å². The molecule has 2 aromatic rings. The van der Waals surface area contributed by atoms with Gasteiger partial charge < -0.3 is 14.0 Å². The highest BCUT2D eigenvalue weighted by atomic mass is 16.5. The van der Waals surface area contributed by atoms with Gasteiger partial charge in [-0.25, -0.2) is 4.98 Å². The highest BCUT2D eigenvalue weighted by Crippen LogP contribution is 2.11. The SMILES string of the molecule is CCCCCCCCCCCCOC(COCc1ccccc1)Cn1ccnc1. The lowest BCUT2D eigenvalue weighted by molar-refractivity contribution is -0.0306. The molecule has 0 fully saturated rings. The quantitative estimate of drug-likeness (QED) is 0.271. The molecular weight excluding hydrogens is 360 g/mol. The Bertz CT molecular complexity index is 586. The number of nitrogens with zero attached hydrogens (tertiary/aromatic N) is 2. The number of imidazole rings is 1. The minimum absolute atomic E-state index is 0.0616. The van der Waals surface area contributed by atoms with Gasteiger partial charge in [0.05, 0.1) is 32.2 Å². The van der Waals surface area contributed by atoms with Gasteiger partial charge in [-0.15, -0.1) is 0 Å². The van der Waals surface area contributed by atoms with Gasteiger partial charge >= 0.3 is 0 Å². The number of unbranched alkanes of at least 4 members (excludes halogenated alkanes) is 9. The van der Waals surface area contributed by atoms with E-state index in [9.17, 15) is 0 Å². The van der Waals surface area contributed by atoms with Crippen LogP contribution in [0.3, 0.4) is 0 Å². The first kappa shape index (κ1) is 23.6. The molecule has 0 spiro atoms. The van der Waals surface area contributed by atoms with Crippen LogP contribution in [0.25, 0.3) is 0 Å². The van der Waals surface area contributed by atoms with Gasteiger partial charge in [-0.3, -0.25) is 0 Å². The molecule has 1 heterocycles. The fourth-order valence-corrected chi connectivity index (χ4v) is 3.51. The molecule has 1 unspecified atom stereocenters. The first-order valence-corrected chi connectivity index (χ1v) is 11.6. The number of aromatic nitrogens is 2. The van der Waals surface area contributed by atoms with E-state index in [0.29, 0.717) is 13.2 Å². The molecule has 0 aliphatic rings. The van der Waals surface area contributed by atoms with Crippen LogP contribution in [0.1, 0.15) is 76.7 Å². The third-order valence-corrected chi connectivity index (χ3v) is 5.24. The summed E-state index contributed by atoms with van der Waals surface area (Å²) >= 11 is 0. The molecular formula is C25H40N2O2. The van der Waals surface area contributed by atoms with Crippen molar-refractivity contribution in [1.82, 2.24) is 9.55 Å². The van der Waals surface area contributed by atoms with Crippen molar-refractivity contribution in [3.8, 4) is 0 Å². The number of rotatable bonds is 18. The van der Waals surface area contributed by atoms with Crippen molar-refractivity contribution in [3.05, 3.63) is 54.6 Å². The highest BCUT2D eigenvalue weighted by Gasteiger charge is 2.10. The zero-order valence-corrected chi connectivity index (χ0v) is 18.3. The maximum atomic E-state index is 6.15. The summed E-state index contributed by atoms with van der Waals surface area (Å²) in [5.41, 5.74) is 1.20. The molecule has 0 saturated carbocycles. The first-order valence-electron chi connectivity index (χ1n) is 11.6. The molecule has 1 aromatic heterocycles. The molecule has 29 heavy (non-hydrogen) atoms. The van der Waals surface area contributed by atoms with E-state index in [4.69, 9.17) is 9.47 Å². The Labute approximate surface area is 177 Å². The number of ether oxygens (including phenoxy) is 2. The van der Waals surface area contributed by atoms with Crippen LogP contribution in [0.2, 0.25) is 0 Å². The predicted octanol–water partition coefficient (Wildman–Crippen LogP) is 6.41. The summed E-state index contributed by atoms with van der Waals surface area (Å²) in [6.07, 6.45) is 19.1. The number of benzene rings is 1. The molecule has 0 N–H and O–H groups in total. The van der Waals surface area contributed by atoms with E-state index in [1.807, 2.05) is 36.9 Å². The number of hydrogen-bond donors (Lipinski definition) is 0. The average molecular weight is 401 g/mol. The van der Waals surface area contributed by atoms with Crippen molar-refractivity contribution in [2.24, 2.45) is 0 Å². The minimum Gasteiger partial charge on any atom is -0.374 e. The van der Waals surface area contributed by atoms with Crippen molar-refractivity contribution < 1.29 is 9.47 Å². The van der Waals surface area contributed by atoms with Gasteiger partial charge in [0, 0.05) is 19.0 Å². The lowest BCUT2D eigenvalue weighted by Gasteiger charge is -2.19. The number of hydrogen-bond acceptors (Lipinski definition) is 3. The average Bonchev–Trinajstić information content (AvgIpc) is 3.25. The second-order valence-corrected chi connectivity index (χ2v) is 7.93. The van der Waals surface area contributed by atoms with Gasteiger partial charge in [0.15, 0.2) is 0 Å². The van der Waals surface area contributed by atoms with Crippen LogP contribution < -0.4 is 0 Å². The van der Waals surface area contributed by atoms with Gasteiger partial charge in [0.2, 0.25) is 0 Å². The lowest BCUT2D eigenvalue weighted by atomic mass is 10.1. The van der Waals surface area contributed by atoms with Crippen LogP contribution in [0, 0.1) is 0 Å². The standard InChI is InChI=1S/C25H40N2O2/c1-2-3-4-5-6-7-8-9-10-14-19-29-25(20-27-18-17-26-23-27)22-28-21-24-15-12-11-13-16-24/h11-13,15-18,23,25H,2-10,14,19-22H2,1H3. The summed E-state index contributed by atoms with van der Waals surface area (Å²) < 4.78 is 14.1. The van der Waals surface area contributed by atoms with Crippen LogP contribution >= 0.6 is 0 Å². The first-order chi connectivity index (χ1) is 14.4. The molecule has 0 aliphatic carbocycles. The van der Waals surface area contributed by atoms with Gasteiger partial charge in [0.1, 0.15) is 0 Å². The van der Waals surface area contributed by atoms with E-state index >= 15 is 0 Å². The largest absolute Gasteiger partial charge is 0.374 e. The summed E-state index contributed by atoms with van der Waals surface area (Å²) in [5.74, 6) is 0. The Hall–Kier alpha value is -1.65. The predicted molar refractivity (Wildman–Crippen MR) is 120 cm³/mol. The third kappa shape index (κ3) is 11.8. The smallest absolute Gasteiger partial charge is 0.0987 e. The molecule has 1 atom stereocenters. The van der Waals surface area contributed by atoms with E-state index in [0.717, 1.165) is 19.6 Å². The Morgan fingerprint density at radius 1 is 0.897 bits per heavy atom. The summed E-state index contributed by atoms with van der Waals surface area (Å²) in [6.45, 7) is 5.10. The molecule has 4 heteroatoms. The highest BCUT2D eigenvalue weighted by molar-refractivity contribution is 5.13. The molecule has 0 radical (unpaired) electrons. The van der Waals surface area contributed by atoms with E-state index in [2.05, 4.69) is 28.6 Å². The molecule has 0 aliphatic heterocycles. The van der Waals surface area contributed by atoms with Crippen molar-refractivity contribution >= 4 is 0 Å². The van der Waals surface area contributed by atoms with Gasteiger partial charge in [-0.05, 0) is 12.0 Å². The van der Waals surface area contributed by atoms with Crippen LogP contribution in [0.15, 0.2) is 49.1 Å². The minimum atomic E-state index is 0.0616. The third-order valence-electron chi connectivity index (χ3n) is 5.24. The Balaban J connectivity index is 1.55. The van der Waals surface area contributed by atoms with E-state index in [1.54, 1.807) is 0 Å². The second kappa shape index (κ2) is 16.2. The van der Waals surface area contributed by atoms with Crippen molar-refractivity contribution in [2.75, 3.05) is 13.2 Å². The summed E-state index contributed by atoms with van der Waals surface area (Å²) in [6, 6.07) is 10.3. The Morgan fingerprint density at radius 3 is 2.24 bits per heavy atom. The lowest BCUT2D eigenvalue weighted by Crippen LogP contribution is -2.25. The molecule has 2 rings (SSSR count). The van der Waals surface area contributed by atoms with E-state index < -0.39 is 0 Å². The van der Waals surface area contributed by atoms with Crippen LogP contribution in [0.4, 0.5) is 0 Å². The summed E-state index contributed by atoms with van der Waals surface area (Å²) in [4.78, 5) is 4.13. The van der Waals surface area contributed by atoms with Gasteiger partial charge in [0.25, 0.3) is 0 Å². The Morgan fingerprint density at radius 2 is 1.59 bits per heavy atom. The zero-order chi connectivity index (χ0) is 20.4. The van der Waals surface area contributed by atoms with Crippen molar-refractivity contribution in [1.29, 1.82) is 0 Å². The topological polar surface area (TPSA) is 36.3 Å². The van der Waals surface area contributed by atoms with Crippen molar-refractivity contribution in [2.45, 2.75) is 90.4 Å². The monoisotopic (exact) mass is 400 g/mol. The molecule has 0 bridgehead atoms. The van der Waals surface area contributed by atoms with Crippen molar-refractivity contribution in [3.63, 3.8) is 0 Å². The van der Waals surface area contributed by atoms with Crippen LogP contribution in [-0.2, 0) is 22.6 Å². The fourth-order valence-electron chi connectivity index (χ4n) is 3.51. The van der Waals surface area contributed by atoms with E-state index in [-0.39, 0.29) is 6.10 Å². The molecule has 0 amide bonds.